The van der Waals surface area contributed by atoms with Crippen LogP contribution in [0.3, 0.4) is 0 Å². The van der Waals surface area contributed by atoms with Crippen LogP contribution in [0.1, 0.15) is 32.5 Å². The number of hydrogen-bond donors (Lipinski definition) is 1. The number of rotatable bonds is 9. The monoisotopic (exact) mass is 451 g/mol. The lowest BCUT2D eigenvalue weighted by Crippen LogP contribution is -2.24. The molecule has 2 aromatic heterocycles. The molecule has 0 aliphatic rings. The van der Waals surface area contributed by atoms with E-state index < -0.39 is 0 Å². The van der Waals surface area contributed by atoms with E-state index in [-0.39, 0.29) is 29.8 Å². The lowest BCUT2D eigenvalue weighted by Gasteiger charge is -2.12. The molecule has 9 heteroatoms. The van der Waals surface area contributed by atoms with E-state index in [4.69, 9.17) is 4.74 Å². The summed E-state index contributed by atoms with van der Waals surface area (Å²) in [4.78, 5) is 25.5. The topological polar surface area (TPSA) is 90.5 Å². The molecule has 2 heterocycles. The van der Waals surface area contributed by atoms with E-state index in [9.17, 15) is 14.0 Å². The van der Waals surface area contributed by atoms with Gasteiger partial charge < -0.3 is 10.1 Å². The molecule has 0 aliphatic carbocycles. The van der Waals surface area contributed by atoms with Crippen molar-refractivity contribution in [2.75, 3.05) is 11.9 Å². The first-order valence-corrected chi connectivity index (χ1v) is 11.0. The number of para-hydroxylation sites is 1. The number of amides is 1. The number of carbonyl (C=O) groups is 1. The van der Waals surface area contributed by atoms with E-state index in [1.807, 2.05) is 36.4 Å². The van der Waals surface area contributed by atoms with Crippen LogP contribution in [-0.4, -0.2) is 37.8 Å². The second-order valence-corrected chi connectivity index (χ2v) is 8.05. The number of fused-ring (bicyclic) bond motifs is 3. The van der Waals surface area contributed by atoms with Crippen molar-refractivity contribution in [3.63, 3.8) is 0 Å². The first-order chi connectivity index (χ1) is 15.9. The fourth-order valence-electron chi connectivity index (χ4n) is 3.70. The maximum absolute atomic E-state index is 13.1. The van der Waals surface area contributed by atoms with E-state index in [2.05, 4.69) is 15.5 Å². The van der Waals surface area contributed by atoms with Gasteiger partial charge in [0, 0.05) is 31.7 Å². The predicted octanol–water partition coefficient (Wildman–Crippen LogP) is 3.57. The highest BCUT2D eigenvalue weighted by atomic mass is 19.1. The van der Waals surface area contributed by atoms with E-state index in [1.54, 1.807) is 10.6 Å². The van der Waals surface area contributed by atoms with Gasteiger partial charge in [-0.05, 0) is 56.7 Å². The molecule has 1 N–H and O–H groups in total. The minimum absolute atomic E-state index is 0.124. The quantitative estimate of drug-likeness (QED) is 0.393. The number of halogens is 1. The van der Waals surface area contributed by atoms with Crippen LogP contribution in [-0.2, 0) is 22.5 Å². The van der Waals surface area contributed by atoms with Crippen molar-refractivity contribution in [2.24, 2.45) is 0 Å². The summed E-state index contributed by atoms with van der Waals surface area (Å²) in [6.07, 6.45) is 1.27. The van der Waals surface area contributed by atoms with Crippen molar-refractivity contribution in [2.45, 2.75) is 45.8 Å². The Bertz CT molecular complexity index is 1330. The Morgan fingerprint density at radius 3 is 2.64 bits per heavy atom. The third kappa shape index (κ3) is 5.09. The summed E-state index contributed by atoms with van der Waals surface area (Å²) in [5, 5.41) is 11.9. The van der Waals surface area contributed by atoms with Gasteiger partial charge in [0.25, 0.3) is 5.56 Å². The average Bonchev–Trinajstić information content (AvgIpc) is 3.22. The number of anilines is 1. The van der Waals surface area contributed by atoms with Crippen LogP contribution in [0.4, 0.5) is 10.1 Å². The number of nitrogens with zero attached hydrogens (tertiary/aromatic N) is 4. The van der Waals surface area contributed by atoms with Crippen molar-refractivity contribution in [3.8, 4) is 0 Å². The SMILES string of the molecule is CC(C)OCCCn1c(=O)c2ccccc2n2c(CCC(=O)Nc3ccc(F)cc3)nnc12. The molecule has 0 bridgehead atoms. The molecule has 4 rings (SSSR count). The number of aryl methyl sites for hydroxylation is 2. The number of ether oxygens (including phenoxy) is 1. The number of hydrogen-bond acceptors (Lipinski definition) is 5. The zero-order valence-corrected chi connectivity index (χ0v) is 18.6. The van der Waals surface area contributed by atoms with E-state index in [0.29, 0.717) is 54.2 Å². The summed E-state index contributed by atoms with van der Waals surface area (Å²) in [5.41, 5.74) is 1.09. The predicted molar refractivity (Wildman–Crippen MR) is 124 cm³/mol. The molecule has 0 saturated heterocycles. The Labute approximate surface area is 190 Å². The van der Waals surface area contributed by atoms with Crippen molar-refractivity contribution >= 4 is 28.3 Å². The van der Waals surface area contributed by atoms with Gasteiger partial charge in [-0.2, -0.15) is 0 Å². The molecule has 8 nitrogen and oxygen atoms in total. The van der Waals surface area contributed by atoms with Crippen LogP contribution >= 0.6 is 0 Å². The fourth-order valence-corrected chi connectivity index (χ4v) is 3.70. The Balaban J connectivity index is 1.59. The highest BCUT2D eigenvalue weighted by Gasteiger charge is 2.17. The summed E-state index contributed by atoms with van der Waals surface area (Å²) < 4.78 is 22.1. The largest absolute Gasteiger partial charge is 0.379 e. The number of aromatic nitrogens is 4. The van der Waals surface area contributed by atoms with E-state index in [0.717, 1.165) is 0 Å². The minimum Gasteiger partial charge on any atom is -0.379 e. The Hall–Kier alpha value is -3.59. The van der Waals surface area contributed by atoms with Crippen LogP contribution in [0.25, 0.3) is 16.7 Å². The average molecular weight is 452 g/mol. The fraction of sp³-hybridized carbons (Fsp3) is 0.333. The van der Waals surface area contributed by atoms with Crippen molar-refractivity contribution < 1.29 is 13.9 Å². The summed E-state index contributed by atoms with van der Waals surface area (Å²) in [7, 11) is 0. The van der Waals surface area contributed by atoms with Gasteiger partial charge >= 0.3 is 0 Å². The third-order valence-corrected chi connectivity index (χ3v) is 5.26. The summed E-state index contributed by atoms with van der Waals surface area (Å²) in [6.45, 7) is 4.92. The molecule has 0 atom stereocenters. The second kappa shape index (κ2) is 9.91. The third-order valence-electron chi connectivity index (χ3n) is 5.26. The standard InChI is InChI=1S/C24H26FN5O3/c1-16(2)33-15-5-14-29-23(32)19-6-3-4-7-20(19)30-21(27-28-24(29)30)12-13-22(31)26-18-10-8-17(25)9-11-18/h3-4,6-11,16H,5,12-15H2,1-2H3,(H,26,31). The normalized spacial score (nSPS) is 11.5. The van der Waals surface area contributed by atoms with Gasteiger partial charge in [0.1, 0.15) is 11.6 Å². The molecule has 0 radical (unpaired) electrons. The van der Waals surface area contributed by atoms with Crippen LogP contribution < -0.4 is 10.9 Å². The summed E-state index contributed by atoms with van der Waals surface area (Å²) in [5.74, 6) is 0.443. The molecular formula is C24H26FN5O3. The van der Waals surface area contributed by atoms with Gasteiger partial charge in [-0.3, -0.25) is 18.6 Å². The lowest BCUT2D eigenvalue weighted by molar-refractivity contribution is -0.116. The van der Waals surface area contributed by atoms with Gasteiger partial charge in [-0.15, -0.1) is 10.2 Å². The number of carbonyl (C=O) groups excluding carboxylic acids is 1. The highest BCUT2D eigenvalue weighted by Crippen LogP contribution is 2.16. The molecule has 0 saturated carbocycles. The lowest BCUT2D eigenvalue weighted by atomic mass is 10.2. The summed E-state index contributed by atoms with van der Waals surface area (Å²) >= 11 is 0. The van der Waals surface area contributed by atoms with Gasteiger partial charge in [0.15, 0.2) is 0 Å². The molecule has 0 fully saturated rings. The molecule has 0 aliphatic heterocycles. The zero-order chi connectivity index (χ0) is 23.4. The molecular weight excluding hydrogens is 425 g/mol. The number of nitrogens with one attached hydrogen (secondary N) is 1. The Morgan fingerprint density at radius 1 is 1.12 bits per heavy atom. The van der Waals surface area contributed by atoms with Gasteiger partial charge in [0.2, 0.25) is 11.7 Å². The zero-order valence-electron chi connectivity index (χ0n) is 18.6. The molecule has 0 spiro atoms. The van der Waals surface area contributed by atoms with Gasteiger partial charge in [-0.1, -0.05) is 12.1 Å². The molecule has 172 valence electrons. The van der Waals surface area contributed by atoms with Crippen LogP contribution in [0.2, 0.25) is 0 Å². The first-order valence-electron chi connectivity index (χ1n) is 11.0. The molecule has 2 aromatic carbocycles. The first kappa shape index (κ1) is 22.6. The van der Waals surface area contributed by atoms with Crippen molar-refractivity contribution in [1.82, 2.24) is 19.2 Å². The van der Waals surface area contributed by atoms with Gasteiger partial charge in [0.05, 0.1) is 17.0 Å². The van der Waals surface area contributed by atoms with Crippen molar-refractivity contribution in [1.29, 1.82) is 0 Å². The molecule has 1 amide bonds. The Morgan fingerprint density at radius 2 is 1.88 bits per heavy atom. The highest BCUT2D eigenvalue weighted by molar-refractivity contribution is 5.90. The minimum atomic E-state index is -0.364. The van der Waals surface area contributed by atoms with Crippen molar-refractivity contribution in [3.05, 3.63) is 70.5 Å². The number of benzene rings is 2. The molecule has 0 unspecified atom stereocenters. The van der Waals surface area contributed by atoms with Gasteiger partial charge in [-0.25, -0.2) is 4.39 Å². The molecule has 4 aromatic rings. The molecule has 33 heavy (non-hydrogen) atoms. The van der Waals surface area contributed by atoms with E-state index in [1.165, 1.54) is 24.3 Å². The van der Waals surface area contributed by atoms with Crippen LogP contribution in [0.5, 0.6) is 0 Å². The smallest absolute Gasteiger partial charge is 0.262 e. The van der Waals surface area contributed by atoms with Crippen LogP contribution in [0.15, 0.2) is 53.3 Å². The Kier molecular flexibility index (Phi) is 6.79. The maximum Gasteiger partial charge on any atom is 0.262 e. The maximum atomic E-state index is 13.1. The second-order valence-electron chi connectivity index (χ2n) is 8.05. The summed E-state index contributed by atoms with van der Waals surface area (Å²) in [6, 6.07) is 12.9. The van der Waals surface area contributed by atoms with Crippen LogP contribution in [0, 0.1) is 5.82 Å². The van der Waals surface area contributed by atoms with E-state index >= 15 is 0 Å².